The molecule has 0 nitrogen and oxygen atoms in total. The van der Waals surface area contributed by atoms with Gasteiger partial charge in [0.05, 0.1) is 0 Å². The van der Waals surface area contributed by atoms with Crippen LogP contribution in [0.25, 0.3) is 0 Å². The zero-order valence-corrected chi connectivity index (χ0v) is 10.9. The minimum Gasteiger partial charge on any atom is -0.146 e. The van der Waals surface area contributed by atoms with Crippen molar-refractivity contribution in [1.82, 2.24) is 0 Å². The first-order valence-electron chi connectivity index (χ1n) is 4.50. The number of alkyl halides is 1. The van der Waals surface area contributed by atoms with Crippen molar-refractivity contribution in [3.05, 3.63) is 0 Å². The fourth-order valence-electron chi connectivity index (χ4n) is 1.06. The van der Waals surface area contributed by atoms with Crippen LogP contribution in [-0.4, -0.2) is 12.6 Å². The molecular weight excluding hydrogens is 231 g/mol. The smallest absolute Gasteiger partial charge is 0.146 e. The summed E-state index contributed by atoms with van der Waals surface area (Å²) in [6, 6.07) is 1.02. The van der Waals surface area contributed by atoms with Crippen molar-refractivity contribution in [3.63, 3.8) is 0 Å². The van der Waals surface area contributed by atoms with E-state index in [1.807, 2.05) is 6.55 Å². The molecule has 0 unspecified atom stereocenters. The van der Waals surface area contributed by atoms with E-state index in [1.54, 1.807) is 0 Å². The van der Waals surface area contributed by atoms with Gasteiger partial charge < -0.3 is 0 Å². The summed E-state index contributed by atoms with van der Waals surface area (Å²) in [5.41, 5.74) is 0. The molecule has 0 aliphatic heterocycles. The fourth-order valence-corrected chi connectivity index (χ4v) is 2.92. The number of unbranched alkanes of at least 4 members (excludes halogenated alkanes) is 4. The first-order valence-corrected chi connectivity index (χ1v) is 9.76. The van der Waals surface area contributed by atoms with Crippen LogP contribution in [0.5, 0.6) is 0 Å². The Labute approximate surface area is 91.0 Å². The van der Waals surface area contributed by atoms with Gasteiger partial charge in [-0.15, -0.1) is 33.8 Å². The van der Waals surface area contributed by atoms with Crippen molar-refractivity contribution in [2.24, 2.45) is 0 Å². The first-order chi connectivity index (χ1) is 5.56. The number of rotatable bonds is 7. The molecule has 0 aliphatic carbocycles. The molecule has 4 heteroatoms. The molecule has 0 N–H and O–H groups in total. The molecule has 0 radical (unpaired) electrons. The highest BCUT2D eigenvalue weighted by molar-refractivity contribution is 7.44. The Kier molecular flexibility index (Phi) is 8.17. The maximum absolute atomic E-state index is 5.96. The van der Waals surface area contributed by atoms with E-state index in [1.165, 1.54) is 25.7 Å². The third-order valence-corrected chi connectivity index (χ3v) is 4.38. The molecule has 0 aliphatic rings. The van der Waals surface area contributed by atoms with E-state index in [0.717, 1.165) is 18.3 Å². The highest BCUT2D eigenvalue weighted by Gasteiger charge is 2.19. The SMILES string of the molecule is C[Si](Cl)(Cl)CCCCCCCCl. The predicted octanol–water partition coefficient (Wildman–Crippen LogP) is 4.73. The van der Waals surface area contributed by atoms with Gasteiger partial charge in [0.25, 0.3) is 0 Å². The molecule has 12 heavy (non-hydrogen) atoms. The molecule has 0 aromatic carbocycles. The molecule has 0 atom stereocenters. The van der Waals surface area contributed by atoms with E-state index in [4.69, 9.17) is 33.8 Å². The Bertz CT molecular complexity index is 101. The van der Waals surface area contributed by atoms with Crippen LogP contribution in [0.3, 0.4) is 0 Å². The van der Waals surface area contributed by atoms with E-state index in [2.05, 4.69) is 0 Å². The summed E-state index contributed by atoms with van der Waals surface area (Å²) >= 11 is 17.5. The summed E-state index contributed by atoms with van der Waals surface area (Å²) in [7, 11) is 0. The average Bonchev–Trinajstić information content (AvgIpc) is 1.94. The van der Waals surface area contributed by atoms with Crippen molar-refractivity contribution in [1.29, 1.82) is 0 Å². The second kappa shape index (κ2) is 7.49. The predicted molar refractivity (Wildman–Crippen MR) is 61.9 cm³/mol. The van der Waals surface area contributed by atoms with Crippen LogP contribution >= 0.6 is 33.8 Å². The molecule has 0 saturated heterocycles. The first kappa shape index (κ1) is 13.1. The zero-order chi connectivity index (χ0) is 9.45. The largest absolute Gasteiger partial charge is 0.248 e. The number of hydrogen-bond donors (Lipinski definition) is 0. The standard InChI is InChI=1S/C8H17Cl3Si/c1-12(10,11)8-6-4-2-3-5-7-9/h2-8H2,1H3. The summed E-state index contributed by atoms with van der Waals surface area (Å²) in [5, 5.41) is 0. The summed E-state index contributed by atoms with van der Waals surface area (Å²) in [4.78, 5) is 0. The molecule has 0 saturated carbocycles. The molecule has 0 heterocycles. The molecule has 0 spiro atoms. The lowest BCUT2D eigenvalue weighted by Gasteiger charge is -2.08. The molecule has 74 valence electrons. The van der Waals surface area contributed by atoms with Gasteiger partial charge in [-0.3, -0.25) is 0 Å². The van der Waals surface area contributed by atoms with Crippen LogP contribution in [-0.2, 0) is 0 Å². The van der Waals surface area contributed by atoms with Gasteiger partial charge in [0.1, 0.15) is 0 Å². The lowest BCUT2D eigenvalue weighted by molar-refractivity contribution is 0.656. The highest BCUT2D eigenvalue weighted by Crippen LogP contribution is 2.23. The van der Waals surface area contributed by atoms with Gasteiger partial charge in [0.2, 0.25) is 6.69 Å². The van der Waals surface area contributed by atoms with Crippen LogP contribution in [0.4, 0.5) is 0 Å². The van der Waals surface area contributed by atoms with Crippen LogP contribution in [0.15, 0.2) is 0 Å². The van der Waals surface area contributed by atoms with Crippen LogP contribution < -0.4 is 0 Å². The van der Waals surface area contributed by atoms with Crippen LogP contribution in [0.1, 0.15) is 32.1 Å². The van der Waals surface area contributed by atoms with Gasteiger partial charge in [-0.25, -0.2) is 0 Å². The summed E-state index contributed by atoms with van der Waals surface area (Å²) < 4.78 is 0. The minimum atomic E-state index is -1.81. The second-order valence-corrected chi connectivity index (χ2v) is 11.9. The molecule has 0 bridgehead atoms. The maximum atomic E-state index is 5.96. The Morgan fingerprint density at radius 2 is 1.42 bits per heavy atom. The number of halogens is 3. The lowest BCUT2D eigenvalue weighted by Crippen LogP contribution is -2.11. The molecule has 0 amide bonds. The third kappa shape index (κ3) is 11.1. The van der Waals surface area contributed by atoms with Crippen molar-refractivity contribution < 1.29 is 0 Å². The van der Waals surface area contributed by atoms with Gasteiger partial charge in [0, 0.05) is 5.88 Å². The molecule has 0 aromatic heterocycles. The van der Waals surface area contributed by atoms with E-state index >= 15 is 0 Å². The Balaban J connectivity index is 3.01. The topological polar surface area (TPSA) is 0 Å². The van der Waals surface area contributed by atoms with Gasteiger partial charge in [0.15, 0.2) is 0 Å². The van der Waals surface area contributed by atoms with Crippen molar-refractivity contribution in [2.75, 3.05) is 5.88 Å². The van der Waals surface area contributed by atoms with Crippen molar-refractivity contribution in [2.45, 2.75) is 44.7 Å². The normalized spacial score (nSPS) is 12.0. The minimum absolute atomic E-state index is 0.789. The fraction of sp³-hybridized carbons (Fsp3) is 1.00. The summed E-state index contributed by atoms with van der Waals surface area (Å²) in [5.74, 6) is 0.789. The zero-order valence-electron chi connectivity index (χ0n) is 7.58. The lowest BCUT2D eigenvalue weighted by atomic mass is 10.2. The third-order valence-electron chi connectivity index (χ3n) is 1.75. The van der Waals surface area contributed by atoms with Gasteiger partial charge in [-0.2, -0.15) is 0 Å². The van der Waals surface area contributed by atoms with E-state index in [0.29, 0.717) is 0 Å². The van der Waals surface area contributed by atoms with Crippen LogP contribution in [0.2, 0.25) is 12.6 Å². The monoisotopic (exact) mass is 246 g/mol. The quantitative estimate of drug-likeness (QED) is 0.264. The van der Waals surface area contributed by atoms with Crippen molar-refractivity contribution >= 4 is 40.5 Å². The Hall–Kier alpha value is 1.09. The van der Waals surface area contributed by atoms with Crippen molar-refractivity contribution in [3.8, 4) is 0 Å². The molecule has 0 rings (SSSR count). The summed E-state index contributed by atoms with van der Waals surface area (Å²) in [6.45, 7) is 0.174. The second-order valence-electron chi connectivity index (χ2n) is 3.28. The maximum Gasteiger partial charge on any atom is 0.248 e. The molecular formula is C8H17Cl3Si. The van der Waals surface area contributed by atoms with E-state index < -0.39 is 6.69 Å². The van der Waals surface area contributed by atoms with Gasteiger partial charge in [-0.05, 0) is 19.0 Å². The molecule has 0 aromatic rings. The van der Waals surface area contributed by atoms with Gasteiger partial charge >= 0.3 is 0 Å². The highest BCUT2D eigenvalue weighted by atomic mass is 35.7. The van der Waals surface area contributed by atoms with Crippen LogP contribution in [0, 0.1) is 0 Å². The average molecular weight is 248 g/mol. The summed E-state index contributed by atoms with van der Waals surface area (Å²) in [6.07, 6.45) is 6.08. The number of hydrogen-bond acceptors (Lipinski definition) is 0. The van der Waals surface area contributed by atoms with E-state index in [9.17, 15) is 0 Å². The van der Waals surface area contributed by atoms with Gasteiger partial charge in [-0.1, -0.05) is 25.7 Å². The Morgan fingerprint density at radius 1 is 0.917 bits per heavy atom. The van der Waals surface area contributed by atoms with E-state index in [-0.39, 0.29) is 0 Å². The Morgan fingerprint density at radius 3 is 1.92 bits per heavy atom. The molecule has 0 fully saturated rings.